The molecular weight excluding hydrogens is 258 g/mol. The number of hydrogen-bond donors (Lipinski definition) is 1. The first-order chi connectivity index (χ1) is 8.41. The van der Waals surface area contributed by atoms with Gasteiger partial charge in [-0.3, -0.25) is 0 Å². The summed E-state index contributed by atoms with van der Waals surface area (Å²) >= 11 is 5.85. The van der Waals surface area contributed by atoms with Gasteiger partial charge in [-0.05, 0) is 42.3 Å². The molecule has 0 aliphatic rings. The van der Waals surface area contributed by atoms with E-state index < -0.39 is 17.2 Å². The molecule has 2 aromatic rings. The molecule has 0 bridgehead atoms. The first-order valence-electron chi connectivity index (χ1n) is 5.35. The SMILES string of the molecule is CC(O)(c1cccc(Cl)c1)c1ccc(F)c(F)c1. The zero-order chi connectivity index (χ0) is 13.3. The van der Waals surface area contributed by atoms with Gasteiger partial charge < -0.3 is 5.11 Å². The van der Waals surface area contributed by atoms with Crippen LogP contribution in [0.4, 0.5) is 8.78 Å². The summed E-state index contributed by atoms with van der Waals surface area (Å²) in [5.41, 5.74) is -0.649. The molecule has 1 nitrogen and oxygen atoms in total. The van der Waals surface area contributed by atoms with E-state index in [1.165, 1.54) is 13.0 Å². The van der Waals surface area contributed by atoms with Crippen molar-refractivity contribution in [2.45, 2.75) is 12.5 Å². The number of rotatable bonds is 2. The Balaban J connectivity index is 2.50. The number of halogens is 3. The second-order valence-electron chi connectivity index (χ2n) is 4.21. The third-order valence-electron chi connectivity index (χ3n) is 2.87. The molecule has 18 heavy (non-hydrogen) atoms. The van der Waals surface area contributed by atoms with Gasteiger partial charge in [0, 0.05) is 5.02 Å². The minimum absolute atomic E-state index is 0.267. The van der Waals surface area contributed by atoms with E-state index in [0.29, 0.717) is 10.6 Å². The first kappa shape index (κ1) is 13.0. The fourth-order valence-electron chi connectivity index (χ4n) is 1.76. The molecule has 0 saturated carbocycles. The minimum Gasteiger partial charge on any atom is -0.381 e. The van der Waals surface area contributed by atoms with Crippen molar-refractivity contribution in [3.05, 3.63) is 70.2 Å². The standard InChI is InChI=1S/C14H11ClF2O/c1-14(18,9-3-2-4-11(15)7-9)10-5-6-12(16)13(17)8-10/h2-8,18H,1H3. The lowest BCUT2D eigenvalue weighted by molar-refractivity contribution is 0.102. The molecule has 2 aromatic carbocycles. The summed E-state index contributed by atoms with van der Waals surface area (Å²) in [4.78, 5) is 0. The third-order valence-corrected chi connectivity index (χ3v) is 3.10. The van der Waals surface area contributed by atoms with Crippen molar-refractivity contribution in [1.29, 1.82) is 0 Å². The summed E-state index contributed by atoms with van der Waals surface area (Å²) in [5.74, 6) is -1.93. The van der Waals surface area contributed by atoms with Crippen LogP contribution >= 0.6 is 11.6 Å². The highest BCUT2D eigenvalue weighted by Crippen LogP contribution is 2.31. The Kier molecular flexibility index (Phi) is 3.37. The van der Waals surface area contributed by atoms with Gasteiger partial charge in [-0.25, -0.2) is 8.78 Å². The van der Waals surface area contributed by atoms with E-state index in [1.807, 2.05) is 0 Å². The summed E-state index contributed by atoms with van der Waals surface area (Å²) in [7, 11) is 0. The monoisotopic (exact) mass is 268 g/mol. The van der Waals surface area contributed by atoms with Crippen LogP contribution in [0, 0.1) is 11.6 Å². The normalized spacial score (nSPS) is 14.3. The van der Waals surface area contributed by atoms with Gasteiger partial charge in [0.2, 0.25) is 0 Å². The molecule has 4 heteroatoms. The van der Waals surface area contributed by atoms with Crippen LogP contribution in [-0.4, -0.2) is 5.11 Å². The molecule has 0 aliphatic heterocycles. The van der Waals surface area contributed by atoms with Crippen LogP contribution < -0.4 is 0 Å². The predicted molar refractivity (Wildman–Crippen MR) is 66.5 cm³/mol. The summed E-state index contributed by atoms with van der Waals surface area (Å²) in [6.07, 6.45) is 0. The fourth-order valence-corrected chi connectivity index (χ4v) is 1.95. The maximum Gasteiger partial charge on any atom is 0.159 e. The highest BCUT2D eigenvalue weighted by atomic mass is 35.5. The van der Waals surface area contributed by atoms with Gasteiger partial charge >= 0.3 is 0 Å². The average Bonchev–Trinajstić information content (AvgIpc) is 2.32. The molecule has 0 aliphatic carbocycles. The number of aliphatic hydroxyl groups is 1. The number of hydrogen-bond acceptors (Lipinski definition) is 1. The van der Waals surface area contributed by atoms with Crippen molar-refractivity contribution < 1.29 is 13.9 Å². The van der Waals surface area contributed by atoms with E-state index in [-0.39, 0.29) is 5.56 Å². The third kappa shape index (κ3) is 2.37. The van der Waals surface area contributed by atoms with Crippen LogP contribution in [0.15, 0.2) is 42.5 Å². The average molecular weight is 269 g/mol. The molecule has 0 amide bonds. The van der Waals surface area contributed by atoms with Crippen LogP contribution in [0.3, 0.4) is 0 Å². The van der Waals surface area contributed by atoms with Gasteiger partial charge in [0.05, 0.1) is 0 Å². The second-order valence-corrected chi connectivity index (χ2v) is 4.65. The van der Waals surface area contributed by atoms with Gasteiger partial charge in [0.1, 0.15) is 5.60 Å². The molecule has 0 spiro atoms. The van der Waals surface area contributed by atoms with Crippen LogP contribution in [0.2, 0.25) is 5.02 Å². The Bertz CT molecular complexity index is 582. The molecule has 0 fully saturated rings. The highest BCUT2D eigenvalue weighted by Gasteiger charge is 2.26. The van der Waals surface area contributed by atoms with E-state index >= 15 is 0 Å². The van der Waals surface area contributed by atoms with Crippen LogP contribution in [0.25, 0.3) is 0 Å². The van der Waals surface area contributed by atoms with Crippen LogP contribution in [-0.2, 0) is 5.60 Å². The van der Waals surface area contributed by atoms with Gasteiger partial charge in [-0.2, -0.15) is 0 Å². The summed E-state index contributed by atoms with van der Waals surface area (Å²) in [6.45, 7) is 1.51. The Morgan fingerprint density at radius 1 is 1.00 bits per heavy atom. The van der Waals surface area contributed by atoms with Crippen molar-refractivity contribution in [1.82, 2.24) is 0 Å². The second kappa shape index (κ2) is 4.67. The zero-order valence-electron chi connectivity index (χ0n) is 9.62. The fraction of sp³-hybridized carbons (Fsp3) is 0.143. The van der Waals surface area contributed by atoms with E-state index in [0.717, 1.165) is 12.1 Å². The van der Waals surface area contributed by atoms with Crippen molar-refractivity contribution >= 4 is 11.6 Å². The van der Waals surface area contributed by atoms with Crippen molar-refractivity contribution in [3.63, 3.8) is 0 Å². The van der Waals surface area contributed by atoms with Gasteiger partial charge in [-0.15, -0.1) is 0 Å². The molecule has 1 atom stereocenters. The molecule has 0 aromatic heterocycles. The molecule has 1 unspecified atom stereocenters. The molecule has 1 N–H and O–H groups in total. The molecule has 94 valence electrons. The van der Waals surface area contributed by atoms with Crippen molar-refractivity contribution in [2.24, 2.45) is 0 Å². The molecule has 2 rings (SSSR count). The van der Waals surface area contributed by atoms with Gasteiger partial charge in [0.15, 0.2) is 11.6 Å². The lowest BCUT2D eigenvalue weighted by atomic mass is 9.88. The lowest BCUT2D eigenvalue weighted by Crippen LogP contribution is -2.23. The number of benzene rings is 2. The maximum absolute atomic E-state index is 13.2. The van der Waals surface area contributed by atoms with Crippen LogP contribution in [0.1, 0.15) is 18.1 Å². The zero-order valence-corrected chi connectivity index (χ0v) is 10.4. The molecule has 0 heterocycles. The summed E-state index contributed by atoms with van der Waals surface area (Å²) in [5, 5.41) is 10.9. The van der Waals surface area contributed by atoms with Crippen molar-refractivity contribution in [2.75, 3.05) is 0 Å². The van der Waals surface area contributed by atoms with Gasteiger partial charge in [-0.1, -0.05) is 29.8 Å². The largest absolute Gasteiger partial charge is 0.381 e. The van der Waals surface area contributed by atoms with Gasteiger partial charge in [0.25, 0.3) is 0 Å². The highest BCUT2D eigenvalue weighted by molar-refractivity contribution is 6.30. The molecular formula is C14H11ClF2O. The Hall–Kier alpha value is -1.45. The molecule has 0 saturated heterocycles. The Morgan fingerprint density at radius 3 is 2.28 bits per heavy atom. The first-order valence-corrected chi connectivity index (χ1v) is 5.73. The van der Waals surface area contributed by atoms with E-state index in [4.69, 9.17) is 11.6 Å². The lowest BCUT2D eigenvalue weighted by Gasteiger charge is -2.24. The minimum atomic E-state index is -1.43. The molecule has 0 radical (unpaired) electrons. The van der Waals surface area contributed by atoms with E-state index in [1.54, 1.807) is 24.3 Å². The Morgan fingerprint density at radius 2 is 1.67 bits per heavy atom. The van der Waals surface area contributed by atoms with Crippen molar-refractivity contribution in [3.8, 4) is 0 Å². The van der Waals surface area contributed by atoms with E-state index in [9.17, 15) is 13.9 Å². The maximum atomic E-state index is 13.2. The van der Waals surface area contributed by atoms with E-state index in [2.05, 4.69) is 0 Å². The van der Waals surface area contributed by atoms with Crippen LogP contribution in [0.5, 0.6) is 0 Å². The Labute approximate surface area is 109 Å². The summed E-state index contributed by atoms with van der Waals surface area (Å²) in [6, 6.07) is 9.94. The quantitative estimate of drug-likeness (QED) is 0.876. The predicted octanol–water partition coefficient (Wildman–Crippen LogP) is 3.87. The summed E-state index contributed by atoms with van der Waals surface area (Å²) < 4.78 is 26.1. The topological polar surface area (TPSA) is 20.2 Å². The smallest absolute Gasteiger partial charge is 0.159 e.